The van der Waals surface area contributed by atoms with E-state index >= 15 is 0 Å². The van der Waals surface area contributed by atoms with Crippen LogP contribution in [0.5, 0.6) is 0 Å². The molecule has 0 aliphatic rings. The van der Waals surface area contributed by atoms with Crippen LogP contribution in [0.25, 0.3) is 0 Å². The van der Waals surface area contributed by atoms with Gasteiger partial charge in [0.15, 0.2) is 5.16 Å². The van der Waals surface area contributed by atoms with Crippen molar-refractivity contribution in [2.75, 3.05) is 12.3 Å². The summed E-state index contributed by atoms with van der Waals surface area (Å²) < 4.78 is 1.73. The Morgan fingerprint density at radius 2 is 2.26 bits per heavy atom. The maximum Gasteiger partial charge on any atom is 0.242 e. The molecule has 8 heteroatoms. The Labute approximate surface area is 116 Å². The molecule has 2 amide bonds. The molecule has 0 fully saturated rings. The second-order valence-electron chi connectivity index (χ2n) is 4.09. The van der Waals surface area contributed by atoms with Crippen LogP contribution in [0.2, 0.25) is 0 Å². The molecule has 1 aromatic heterocycles. The van der Waals surface area contributed by atoms with E-state index in [-0.39, 0.29) is 17.6 Å². The number of aromatic nitrogens is 3. The van der Waals surface area contributed by atoms with Crippen molar-refractivity contribution < 1.29 is 9.59 Å². The Morgan fingerprint density at radius 3 is 2.84 bits per heavy atom. The highest BCUT2D eigenvalue weighted by molar-refractivity contribution is 7.99. The number of nitrogens with zero attached hydrogens (tertiary/aromatic N) is 3. The largest absolute Gasteiger partial charge is 0.354 e. The molecule has 0 aromatic carbocycles. The number of carbonyl (C=O) groups excluding carboxylic acids is 2. The monoisotopic (exact) mass is 285 g/mol. The van der Waals surface area contributed by atoms with Crippen molar-refractivity contribution in [1.82, 2.24) is 25.4 Å². The number of hydrogen-bond acceptors (Lipinski definition) is 5. The first-order valence-electron chi connectivity index (χ1n) is 6.08. The molecule has 0 aliphatic carbocycles. The van der Waals surface area contributed by atoms with Crippen molar-refractivity contribution in [1.29, 1.82) is 0 Å². The topological polar surface area (TPSA) is 88.9 Å². The molecule has 0 saturated heterocycles. The van der Waals surface area contributed by atoms with Crippen LogP contribution >= 0.6 is 11.8 Å². The number of nitrogens with one attached hydrogen (secondary N) is 2. The van der Waals surface area contributed by atoms with Crippen molar-refractivity contribution in [2.45, 2.75) is 31.5 Å². The second kappa shape index (κ2) is 7.78. The van der Waals surface area contributed by atoms with Crippen LogP contribution in [0, 0.1) is 0 Å². The predicted molar refractivity (Wildman–Crippen MR) is 72.6 cm³/mol. The Morgan fingerprint density at radius 1 is 1.53 bits per heavy atom. The van der Waals surface area contributed by atoms with E-state index < -0.39 is 6.04 Å². The molecular weight excluding hydrogens is 266 g/mol. The molecule has 0 bridgehead atoms. The highest BCUT2D eigenvalue weighted by atomic mass is 32.2. The summed E-state index contributed by atoms with van der Waals surface area (Å²) in [7, 11) is 1.81. The molecule has 1 atom stereocenters. The lowest BCUT2D eigenvalue weighted by Gasteiger charge is -2.13. The van der Waals surface area contributed by atoms with Gasteiger partial charge in [-0.25, -0.2) is 0 Å². The summed E-state index contributed by atoms with van der Waals surface area (Å²) in [5, 5.41) is 13.6. The van der Waals surface area contributed by atoms with Crippen LogP contribution < -0.4 is 10.6 Å². The maximum absolute atomic E-state index is 11.7. The summed E-state index contributed by atoms with van der Waals surface area (Å²) in [6.07, 6.45) is 2.44. The van der Waals surface area contributed by atoms with E-state index in [4.69, 9.17) is 0 Å². The molecule has 0 saturated carbocycles. The van der Waals surface area contributed by atoms with Crippen LogP contribution in [-0.2, 0) is 16.6 Å². The van der Waals surface area contributed by atoms with Gasteiger partial charge in [-0.3, -0.25) is 9.59 Å². The predicted octanol–water partition coefficient (Wildman–Crippen LogP) is -0.0619. The fourth-order valence-corrected chi connectivity index (χ4v) is 1.98. The van der Waals surface area contributed by atoms with Gasteiger partial charge in [0, 0.05) is 13.6 Å². The fraction of sp³-hybridized carbons (Fsp3) is 0.636. The quantitative estimate of drug-likeness (QED) is 0.685. The third-order valence-corrected chi connectivity index (χ3v) is 3.36. The Balaban J connectivity index is 2.31. The summed E-state index contributed by atoms with van der Waals surface area (Å²) in [6, 6.07) is -0.529. The molecular formula is C11H19N5O2S. The molecule has 1 heterocycles. The summed E-state index contributed by atoms with van der Waals surface area (Å²) in [5.74, 6) is -0.163. The number of thioether (sulfide) groups is 1. The van der Waals surface area contributed by atoms with Crippen LogP contribution in [0.3, 0.4) is 0 Å². The number of carbonyl (C=O) groups is 2. The minimum atomic E-state index is -0.529. The van der Waals surface area contributed by atoms with E-state index in [2.05, 4.69) is 20.8 Å². The molecule has 1 rings (SSSR count). The van der Waals surface area contributed by atoms with Gasteiger partial charge in [0.2, 0.25) is 11.8 Å². The van der Waals surface area contributed by atoms with Crippen molar-refractivity contribution >= 4 is 23.6 Å². The van der Waals surface area contributed by atoms with Gasteiger partial charge < -0.3 is 15.2 Å². The first kappa shape index (κ1) is 15.5. The van der Waals surface area contributed by atoms with Crippen LogP contribution in [0.4, 0.5) is 0 Å². The van der Waals surface area contributed by atoms with E-state index in [1.807, 2.05) is 6.92 Å². The standard InChI is InChI=1S/C11H19N5O2S/c1-4-5-12-10(18)8(2)14-9(17)6-19-11-15-13-7-16(11)3/h7-8H,4-6H2,1-3H3,(H,12,18)(H,14,17)/t8-/m0/s1. The average molecular weight is 285 g/mol. The molecule has 106 valence electrons. The minimum Gasteiger partial charge on any atom is -0.354 e. The van der Waals surface area contributed by atoms with Gasteiger partial charge in [0.25, 0.3) is 0 Å². The zero-order valence-corrected chi connectivity index (χ0v) is 12.2. The third-order valence-electron chi connectivity index (χ3n) is 2.32. The van der Waals surface area contributed by atoms with Crippen LogP contribution in [0.1, 0.15) is 20.3 Å². The Bertz CT molecular complexity index is 434. The molecule has 0 spiro atoms. The lowest BCUT2D eigenvalue weighted by Crippen LogP contribution is -2.45. The van der Waals surface area contributed by atoms with Gasteiger partial charge in [0.1, 0.15) is 12.4 Å². The van der Waals surface area contributed by atoms with E-state index in [1.165, 1.54) is 11.8 Å². The van der Waals surface area contributed by atoms with Gasteiger partial charge in [-0.05, 0) is 13.3 Å². The Hall–Kier alpha value is -1.57. The van der Waals surface area contributed by atoms with E-state index in [0.717, 1.165) is 6.42 Å². The zero-order valence-electron chi connectivity index (χ0n) is 11.3. The first-order valence-corrected chi connectivity index (χ1v) is 7.07. The summed E-state index contributed by atoms with van der Waals surface area (Å²) in [6.45, 7) is 4.25. The van der Waals surface area contributed by atoms with E-state index in [9.17, 15) is 9.59 Å². The molecule has 0 aliphatic heterocycles. The number of aryl methyl sites for hydroxylation is 1. The summed E-state index contributed by atoms with van der Waals surface area (Å²) in [5.41, 5.74) is 0. The summed E-state index contributed by atoms with van der Waals surface area (Å²) in [4.78, 5) is 23.2. The lowest BCUT2D eigenvalue weighted by molar-refractivity contribution is -0.127. The number of amides is 2. The van der Waals surface area contributed by atoms with Gasteiger partial charge in [-0.2, -0.15) is 0 Å². The van der Waals surface area contributed by atoms with Gasteiger partial charge in [-0.15, -0.1) is 10.2 Å². The van der Waals surface area contributed by atoms with Crippen LogP contribution in [-0.4, -0.2) is 44.9 Å². The molecule has 0 radical (unpaired) electrons. The van der Waals surface area contributed by atoms with Gasteiger partial charge in [0.05, 0.1) is 5.75 Å². The van der Waals surface area contributed by atoms with E-state index in [1.54, 1.807) is 24.9 Å². The van der Waals surface area contributed by atoms with E-state index in [0.29, 0.717) is 11.7 Å². The highest BCUT2D eigenvalue weighted by Gasteiger charge is 2.15. The molecule has 1 aromatic rings. The molecule has 2 N–H and O–H groups in total. The second-order valence-corrected chi connectivity index (χ2v) is 5.04. The number of rotatable bonds is 7. The third kappa shape index (κ3) is 5.29. The van der Waals surface area contributed by atoms with Gasteiger partial charge >= 0.3 is 0 Å². The number of hydrogen-bond donors (Lipinski definition) is 2. The SMILES string of the molecule is CCCNC(=O)[C@H](C)NC(=O)CSc1nncn1C. The normalized spacial score (nSPS) is 11.9. The van der Waals surface area contributed by atoms with Crippen LogP contribution in [0.15, 0.2) is 11.5 Å². The highest BCUT2D eigenvalue weighted by Crippen LogP contribution is 2.12. The Kier molecular flexibility index (Phi) is 6.34. The van der Waals surface area contributed by atoms with Crippen molar-refractivity contribution in [2.24, 2.45) is 7.05 Å². The lowest BCUT2D eigenvalue weighted by atomic mass is 10.3. The average Bonchev–Trinajstić information content (AvgIpc) is 2.79. The van der Waals surface area contributed by atoms with Crippen molar-refractivity contribution in [3.8, 4) is 0 Å². The fourth-order valence-electron chi connectivity index (χ4n) is 1.28. The van der Waals surface area contributed by atoms with Gasteiger partial charge in [-0.1, -0.05) is 18.7 Å². The van der Waals surface area contributed by atoms with Crippen molar-refractivity contribution in [3.63, 3.8) is 0 Å². The first-order chi connectivity index (χ1) is 9.04. The minimum absolute atomic E-state index is 0.168. The molecule has 0 unspecified atom stereocenters. The summed E-state index contributed by atoms with van der Waals surface area (Å²) >= 11 is 1.28. The maximum atomic E-state index is 11.7. The molecule has 7 nitrogen and oxygen atoms in total. The zero-order chi connectivity index (χ0) is 14.3. The molecule has 19 heavy (non-hydrogen) atoms. The van der Waals surface area contributed by atoms with Crippen molar-refractivity contribution in [3.05, 3.63) is 6.33 Å². The smallest absolute Gasteiger partial charge is 0.242 e.